The van der Waals surface area contributed by atoms with Crippen molar-refractivity contribution >= 4 is 23.9 Å². The van der Waals surface area contributed by atoms with E-state index in [0.29, 0.717) is 5.95 Å². The van der Waals surface area contributed by atoms with Gasteiger partial charge in [0.05, 0.1) is 6.10 Å². The lowest BCUT2D eigenvalue weighted by molar-refractivity contribution is -0.141. The lowest BCUT2D eigenvalue weighted by Gasteiger charge is -2.20. The molecule has 2 amide bonds. The van der Waals surface area contributed by atoms with Crippen molar-refractivity contribution in [2.45, 2.75) is 50.8 Å². The summed E-state index contributed by atoms with van der Waals surface area (Å²) in [7, 11) is 0. The van der Waals surface area contributed by atoms with Crippen molar-refractivity contribution < 1.29 is 34.2 Å². The number of carboxylic acid groups (broad SMARTS) is 2. The molecule has 1 aromatic rings. The maximum Gasteiger partial charge on any atom is 0.328 e. The summed E-state index contributed by atoms with van der Waals surface area (Å²) in [5.41, 5.74) is 0. The fourth-order valence-electron chi connectivity index (χ4n) is 2.67. The fraction of sp³-hybridized carbons (Fsp3) is 0.667. The zero-order chi connectivity index (χ0) is 20.0. The maximum atomic E-state index is 12.1. The first-order valence-electron chi connectivity index (χ1n) is 8.56. The Morgan fingerprint density at radius 2 is 1.89 bits per heavy atom. The summed E-state index contributed by atoms with van der Waals surface area (Å²) >= 11 is 0. The first-order chi connectivity index (χ1) is 12.8. The molecular formula is C15H23N5O7. The molecule has 1 aromatic heterocycles. The van der Waals surface area contributed by atoms with Crippen LogP contribution in [0.15, 0.2) is 4.52 Å². The van der Waals surface area contributed by atoms with E-state index in [9.17, 15) is 19.5 Å². The van der Waals surface area contributed by atoms with Gasteiger partial charge in [-0.3, -0.25) is 4.79 Å². The number of carbonyl (C=O) groups excluding carboxylic acids is 1. The van der Waals surface area contributed by atoms with Crippen molar-refractivity contribution in [1.82, 2.24) is 20.8 Å². The SMILES string of the molecule is CC(O)C(NC(=O)N[C@@H](CCC(=O)O)c1nc(N2CCCC2)no1)C(=O)O. The topological polar surface area (TPSA) is 178 Å². The van der Waals surface area contributed by atoms with Gasteiger partial charge in [0, 0.05) is 19.5 Å². The third-order valence-corrected chi connectivity index (χ3v) is 4.11. The van der Waals surface area contributed by atoms with Crippen LogP contribution in [0, 0.1) is 0 Å². The molecule has 1 saturated heterocycles. The number of hydrogen-bond acceptors (Lipinski definition) is 8. The Bertz CT molecular complexity index is 671. The van der Waals surface area contributed by atoms with Crippen LogP contribution in [0.3, 0.4) is 0 Å². The van der Waals surface area contributed by atoms with Crippen LogP contribution in [-0.4, -0.2) is 68.7 Å². The smallest absolute Gasteiger partial charge is 0.328 e. The predicted octanol–water partition coefficient (Wildman–Crippen LogP) is -0.291. The second-order valence-electron chi connectivity index (χ2n) is 6.29. The molecule has 12 nitrogen and oxygen atoms in total. The number of carbonyl (C=O) groups is 3. The molecule has 0 radical (unpaired) electrons. The van der Waals surface area contributed by atoms with Crippen molar-refractivity contribution in [3.05, 3.63) is 5.89 Å². The molecule has 0 aromatic carbocycles. The van der Waals surface area contributed by atoms with E-state index in [-0.39, 0.29) is 18.7 Å². The first kappa shape index (κ1) is 20.4. The highest BCUT2D eigenvalue weighted by atomic mass is 16.5. The molecule has 0 aliphatic carbocycles. The molecule has 3 atom stereocenters. The second kappa shape index (κ2) is 9.16. The van der Waals surface area contributed by atoms with Crippen LogP contribution < -0.4 is 15.5 Å². The van der Waals surface area contributed by atoms with Crippen LogP contribution in [0.2, 0.25) is 0 Å². The standard InChI is InChI=1S/C15H23N5O7/c1-8(21)11(13(24)25)17-15(26)16-9(4-5-10(22)23)12-18-14(19-27-12)20-6-2-3-7-20/h8-9,11,21H,2-7H2,1H3,(H,22,23)(H,24,25)(H2,16,17,26)/t8?,9-,11?/m0/s1. The number of anilines is 1. The van der Waals surface area contributed by atoms with Crippen LogP contribution in [-0.2, 0) is 9.59 Å². The normalized spacial score (nSPS) is 17.2. The summed E-state index contributed by atoms with van der Waals surface area (Å²) in [5.74, 6) is -2.10. The zero-order valence-electron chi connectivity index (χ0n) is 14.8. The van der Waals surface area contributed by atoms with Crippen LogP contribution >= 0.6 is 0 Å². The van der Waals surface area contributed by atoms with Crippen LogP contribution in [0.25, 0.3) is 0 Å². The van der Waals surface area contributed by atoms with Crippen molar-refractivity contribution in [2.24, 2.45) is 0 Å². The molecule has 1 aliphatic heterocycles. The Morgan fingerprint density at radius 1 is 1.22 bits per heavy atom. The Kier molecular flexibility index (Phi) is 6.93. The molecule has 0 saturated carbocycles. The Hall–Kier alpha value is -2.89. The van der Waals surface area contributed by atoms with E-state index >= 15 is 0 Å². The second-order valence-corrected chi connectivity index (χ2v) is 6.29. The highest BCUT2D eigenvalue weighted by Crippen LogP contribution is 2.22. The average Bonchev–Trinajstić information content (AvgIpc) is 3.26. The Balaban J connectivity index is 2.08. The first-order valence-corrected chi connectivity index (χ1v) is 8.56. The zero-order valence-corrected chi connectivity index (χ0v) is 14.8. The summed E-state index contributed by atoms with van der Waals surface area (Å²) in [6, 6.07) is -3.35. The van der Waals surface area contributed by atoms with Gasteiger partial charge in [-0.15, -0.1) is 0 Å². The molecule has 1 aliphatic rings. The Morgan fingerprint density at radius 3 is 2.44 bits per heavy atom. The highest BCUT2D eigenvalue weighted by molar-refractivity contribution is 5.83. The van der Waals surface area contributed by atoms with Gasteiger partial charge >= 0.3 is 18.0 Å². The summed E-state index contributed by atoms with van der Waals surface area (Å²) in [5, 5.41) is 35.8. The number of aliphatic carboxylic acids is 2. The van der Waals surface area contributed by atoms with Crippen molar-refractivity contribution in [3.63, 3.8) is 0 Å². The van der Waals surface area contributed by atoms with Gasteiger partial charge in [-0.25, -0.2) is 9.59 Å². The summed E-state index contributed by atoms with van der Waals surface area (Å²) < 4.78 is 5.17. The summed E-state index contributed by atoms with van der Waals surface area (Å²) in [6.07, 6.45) is 0.379. The predicted molar refractivity (Wildman–Crippen MR) is 90.1 cm³/mol. The number of urea groups is 1. The van der Waals surface area contributed by atoms with Crippen molar-refractivity contribution in [3.8, 4) is 0 Å². The van der Waals surface area contributed by atoms with Gasteiger partial charge in [0.25, 0.3) is 11.8 Å². The van der Waals surface area contributed by atoms with E-state index in [4.69, 9.17) is 14.7 Å². The third kappa shape index (κ3) is 5.81. The van der Waals surface area contributed by atoms with Crippen molar-refractivity contribution in [1.29, 1.82) is 0 Å². The number of nitrogens with zero attached hydrogens (tertiary/aromatic N) is 3. The fourth-order valence-corrected chi connectivity index (χ4v) is 2.67. The largest absolute Gasteiger partial charge is 0.481 e. The molecule has 12 heteroatoms. The van der Waals surface area contributed by atoms with Crippen LogP contribution in [0.4, 0.5) is 10.7 Å². The molecule has 150 valence electrons. The van der Waals surface area contributed by atoms with Crippen LogP contribution in [0.5, 0.6) is 0 Å². The van der Waals surface area contributed by atoms with Gasteiger partial charge in [-0.05, 0) is 31.3 Å². The lowest BCUT2D eigenvalue weighted by atomic mass is 10.1. The van der Waals surface area contributed by atoms with E-state index in [1.807, 2.05) is 4.90 Å². The number of rotatable bonds is 9. The van der Waals surface area contributed by atoms with Gasteiger partial charge in [0.15, 0.2) is 6.04 Å². The van der Waals surface area contributed by atoms with E-state index in [1.165, 1.54) is 6.92 Å². The van der Waals surface area contributed by atoms with Crippen molar-refractivity contribution in [2.75, 3.05) is 18.0 Å². The molecule has 5 N–H and O–H groups in total. The van der Waals surface area contributed by atoms with Gasteiger partial charge in [0.2, 0.25) is 0 Å². The maximum absolute atomic E-state index is 12.1. The van der Waals surface area contributed by atoms with E-state index in [2.05, 4.69) is 20.8 Å². The number of amides is 2. The minimum atomic E-state index is -1.52. The number of nitrogens with one attached hydrogen (secondary N) is 2. The van der Waals surface area contributed by atoms with E-state index in [0.717, 1.165) is 25.9 Å². The summed E-state index contributed by atoms with van der Waals surface area (Å²) in [6.45, 7) is 2.78. The third-order valence-electron chi connectivity index (χ3n) is 4.11. The number of aliphatic hydroxyl groups is 1. The minimum Gasteiger partial charge on any atom is -0.481 e. The minimum absolute atomic E-state index is 0.0252. The average molecular weight is 385 g/mol. The van der Waals surface area contributed by atoms with E-state index < -0.39 is 36.2 Å². The monoisotopic (exact) mass is 385 g/mol. The highest BCUT2D eigenvalue weighted by Gasteiger charge is 2.28. The molecule has 2 heterocycles. The number of aromatic nitrogens is 2. The molecule has 27 heavy (non-hydrogen) atoms. The molecule has 2 rings (SSSR count). The summed E-state index contributed by atoms with van der Waals surface area (Å²) in [4.78, 5) is 40.2. The van der Waals surface area contributed by atoms with E-state index in [1.54, 1.807) is 0 Å². The van der Waals surface area contributed by atoms with Gasteiger partial charge < -0.3 is 35.4 Å². The molecule has 0 bridgehead atoms. The number of hydrogen-bond donors (Lipinski definition) is 5. The van der Waals surface area contributed by atoms with Gasteiger partial charge in [0.1, 0.15) is 6.04 Å². The molecular weight excluding hydrogens is 362 g/mol. The number of carboxylic acids is 2. The van der Waals surface area contributed by atoms with Gasteiger partial charge in [-0.2, -0.15) is 4.98 Å². The van der Waals surface area contributed by atoms with Crippen LogP contribution in [0.1, 0.15) is 44.5 Å². The molecule has 2 unspecified atom stereocenters. The quantitative estimate of drug-likeness (QED) is 0.379. The molecule has 1 fully saturated rings. The number of aliphatic hydroxyl groups excluding tert-OH is 1. The van der Waals surface area contributed by atoms with Gasteiger partial charge in [-0.1, -0.05) is 0 Å². The molecule has 0 spiro atoms. The lowest BCUT2D eigenvalue weighted by Crippen LogP contribution is -2.51. The Labute approximate surface area is 154 Å².